The number of rotatable bonds is 5. The minimum absolute atomic E-state index is 0.453. The Morgan fingerprint density at radius 1 is 0.917 bits per heavy atom. The van der Waals surface area contributed by atoms with Crippen molar-refractivity contribution in [3.8, 4) is 11.3 Å². The topological polar surface area (TPSA) is 53.2 Å². The first kappa shape index (κ1) is 16.0. The summed E-state index contributed by atoms with van der Waals surface area (Å²) < 4.78 is 0. The van der Waals surface area contributed by atoms with E-state index in [2.05, 4.69) is 4.98 Å². The predicted octanol–water partition coefficient (Wildman–Crippen LogP) is 3.89. The summed E-state index contributed by atoms with van der Waals surface area (Å²) in [4.78, 5) is 30.4. The average Bonchev–Trinajstić information content (AvgIpc) is 3.02. The highest BCUT2D eigenvalue weighted by Gasteiger charge is 2.27. The molecule has 3 aromatic rings. The second-order valence-corrected chi connectivity index (χ2v) is 5.59. The maximum atomic E-state index is 13.0. The summed E-state index contributed by atoms with van der Waals surface area (Å²) in [6.45, 7) is 4.79. The van der Waals surface area contributed by atoms with E-state index >= 15 is 0 Å². The lowest BCUT2D eigenvalue weighted by Gasteiger charge is -2.17. The third kappa shape index (κ3) is 2.71. The van der Waals surface area contributed by atoms with Gasteiger partial charge in [0.2, 0.25) is 0 Å². The smallest absolute Gasteiger partial charge is 0.295 e. The molecule has 0 unspecified atom stereocenters. The zero-order chi connectivity index (χ0) is 17.1. The molecular formula is C20H20N2O2. The Morgan fingerprint density at radius 3 is 2.21 bits per heavy atom. The van der Waals surface area contributed by atoms with Gasteiger partial charge in [-0.25, -0.2) is 0 Å². The molecule has 0 fully saturated rings. The van der Waals surface area contributed by atoms with Crippen molar-refractivity contribution in [3.05, 3.63) is 60.2 Å². The van der Waals surface area contributed by atoms with Crippen LogP contribution in [0.4, 0.5) is 0 Å². The van der Waals surface area contributed by atoms with E-state index in [9.17, 15) is 9.59 Å². The van der Waals surface area contributed by atoms with Gasteiger partial charge in [0, 0.05) is 24.0 Å². The second kappa shape index (κ2) is 6.71. The molecule has 4 heteroatoms. The monoisotopic (exact) mass is 320 g/mol. The fourth-order valence-corrected chi connectivity index (χ4v) is 2.96. The number of carbonyl (C=O) groups excluding carboxylic acids is 2. The quantitative estimate of drug-likeness (QED) is 0.573. The number of Topliss-reactive ketones (excluding diaryl/α,β-unsaturated/α-hetero) is 1. The molecule has 1 heterocycles. The highest BCUT2D eigenvalue weighted by Crippen LogP contribution is 2.31. The summed E-state index contributed by atoms with van der Waals surface area (Å²) >= 11 is 0. The molecule has 1 N–H and O–H groups in total. The largest absolute Gasteiger partial charge is 0.354 e. The first-order valence-electron chi connectivity index (χ1n) is 8.17. The zero-order valence-electron chi connectivity index (χ0n) is 13.9. The van der Waals surface area contributed by atoms with Crippen molar-refractivity contribution in [2.45, 2.75) is 13.8 Å². The van der Waals surface area contributed by atoms with E-state index in [1.165, 1.54) is 0 Å². The van der Waals surface area contributed by atoms with Crippen LogP contribution in [0, 0.1) is 0 Å². The molecule has 3 rings (SSSR count). The first-order chi connectivity index (χ1) is 11.7. The normalized spacial score (nSPS) is 10.8. The van der Waals surface area contributed by atoms with E-state index in [0.29, 0.717) is 24.3 Å². The van der Waals surface area contributed by atoms with Crippen molar-refractivity contribution in [1.82, 2.24) is 9.88 Å². The predicted molar refractivity (Wildman–Crippen MR) is 96.0 cm³/mol. The molecule has 0 radical (unpaired) electrons. The summed E-state index contributed by atoms with van der Waals surface area (Å²) in [5.41, 5.74) is 2.90. The Labute approximate surface area is 141 Å². The van der Waals surface area contributed by atoms with Crippen LogP contribution in [0.5, 0.6) is 0 Å². The summed E-state index contributed by atoms with van der Waals surface area (Å²) in [6.07, 6.45) is 0. The molecule has 0 aliphatic heterocycles. The Kier molecular flexibility index (Phi) is 4.47. The van der Waals surface area contributed by atoms with Gasteiger partial charge < -0.3 is 9.88 Å². The van der Waals surface area contributed by atoms with Crippen LogP contribution in [0.3, 0.4) is 0 Å². The van der Waals surface area contributed by atoms with Gasteiger partial charge in [-0.1, -0.05) is 48.5 Å². The number of amides is 1. The Balaban J connectivity index is 2.19. The fourth-order valence-electron chi connectivity index (χ4n) is 2.96. The van der Waals surface area contributed by atoms with E-state index in [-0.39, 0.29) is 0 Å². The fraction of sp³-hybridized carbons (Fsp3) is 0.200. The zero-order valence-corrected chi connectivity index (χ0v) is 13.9. The second-order valence-electron chi connectivity index (χ2n) is 5.59. The van der Waals surface area contributed by atoms with Crippen LogP contribution >= 0.6 is 0 Å². The first-order valence-corrected chi connectivity index (χ1v) is 8.17. The Morgan fingerprint density at radius 2 is 1.54 bits per heavy atom. The van der Waals surface area contributed by atoms with Gasteiger partial charge in [-0.2, -0.15) is 0 Å². The highest BCUT2D eigenvalue weighted by molar-refractivity contribution is 6.46. The summed E-state index contributed by atoms with van der Waals surface area (Å²) in [7, 11) is 0. The minimum Gasteiger partial charge on any atom is -0.354 e. The number of H-pyrrole nitrogens is 1. The SMILES string of the molecule is CCN(CC)C(=O)C(=O)c1c(-c2ccccc2)[nH]c2ccccc12. The molecule has 1 amide bonds. The van der Waals surface area contributed by atoms with E-state index < -0.39 is 11.7 Å². The molecule has 4 nitrogen and oxygen atoms in total. The number of nitrogens with one attached hydrogen (secondary N) is 1. The van der Waals surface area contributed by atoms with Gasteiger partial charge in [-0.3, -0.25) is 9.59 Å². The number of nitrogens with zero attached hydrogens (tertiary/aromatic N) is 1. The van der Waals surface area contributed by atoms with E-state index in [1.54, 1.807) is 4.90 Å². The van der Waals surface area contributed by atoms with Crippen LogP contribution in [0.25, 0.3) is 22.2 Å². The molecular weight excluding hydrogens is 300 g/mol. The van der Waals surface area contributed by atoms with Gasteiger partial charge in [0.05, 0.1) is 11.3 Å². The van der Waals surface area contributed by atoms with Crippen LogP contribution in [0.1, 0.15) is 24.2 Å². The molecule has 0 saturated carbocycles. The molecule has 0 bridgehead atoms. The molecule has 0 spiro atoms. The van der Waals surface area contributed by atoms with Crippen LogP contribution in [0.15, 0.2) is 54.6 Å². The van der Waals surface area contributed by atoms with Gasteiger partial charge in [0.1, 0.15) is 0 Å². The Bertz CT molecular complexity index is 877. The molecule has 122 valence electrons. The van der Waals surface area contributed by atoms with Gasteiger partial charge in [0.25, 0.3) is 11.7 Å². The van der Waals surface area contributed by atoms with Gasteiger partial charge >= 0.3 is 0 Å². The van der Waals surface area contributed by atoms with E-state index in [0.717, 1.165) is 16.5 Å². The lowest BCUT2D eigenvalue weighted by molar-refractivity contribution is -0.126. The van der Waals surface area contributed by atoms with Crippen LogP contribution in [-0.2, 0) is 4.79 Å². The molecule has 1 aromatic heterocycles. The van der Waals surface area contributed by atoms with Gasteiger partial charge in [0.15, 0.2) is 0 Å². The van der Waals surface area contributed by atoms with Gasteiger partial charge in [-0.15, -0.1) is 0 Å². The summed E-state index contributed by atoms with van der Waals surface area (Å²) in [6, 6.07) is 17.2. The number of carbonyl (C=O) groups is 2. The number of benzene rings is 2. The lowest BCUT2D eigenvalue weighted by Crippen LogP contribution is -2.36. The van der Waals surface area contributed by atoms with Crippen molar-refractivity contribution >= 4 is 22.6 Å². The average molecular weight is 320 g/mol. The standard InChI is InChI=1S/C20H20N2O2/c1-3-22(4-2)20(24)19(23)17-15-12-8-9-13-16(15)21-18(17)14-10-6-5-7-11-14/h5-13,21H,3-4H2,1-2H3. The number of aromatic nitrogens is 1. The number of aromatic amines is 1. The van der Waals surface area contributed by atoms with Crippen molar-refractivity contribution < 1.29 is 9.59 Å². The maximum absolute atomic E-state index is 13.0. The molecule has 0 saturated heterocycles. The lowest BCUT2D eigenvalue weighted by atomic mass is 10.0. The highest BCUT2D eigenvalue weighted by atomic mass is 16.2. The number of likely N-dealkylation sites (N-methyl/N-ethyl adjacent to an activating group) is 1. The van der Waals surface area contributed by atoms with Crippen molar-refractivity contribution in [2.75, 3.05) is 13.1 Å². The number of hydrogen-bond acceptors (Lipinski definition) is 2. The van der Waals surface area contributed by atoms with Crippen LogP contribution in [-0.4, -0.2) is 34.7 Å². The number of fused-ring (bicyclic) bond motifs is 1. The third-order valence-electron chi connectivity index (χ3n) is 4.24. The summed E-state index contributed by atoms with van der Waals surface area (Å²) in [5, 5.41) is 0.779. The van der Waals surface area contributed by atoms with Crippen molar-refractivity contribution in [3.63, 3.8) is 0 Å². The van der Waals surface area contributed by atoms with E-state index in [4.69, 9.17) is 0 Å². The number of hydrogen-bond donors (Lipinski definition) is 1. The number of para-hydroxylation sites is 1. The molecule has 24 heavy (non-hydrogen) atoms. The third-order valence-corrected chi connectivity index (χ3v) is 4.24. The van der Waals surface area contributed by atoms with Gasteiger partial charge in [-0.05, 0) is 25.5 Å². The minimum atomic E-state index is -0.463. The maximum Gasteiger partial charge on any atom is 0.295 e. The van der Waals surface area contributed by atoms with E-state index in [1.807, 2.05) is 68.4 Å². The summed E-state index contributed by atoms with van der Waals surface area (Å²) in [5.74, 6) is -0.920. The molecule has 2 aromatic carbocycles. The number of ketones is 1. The molecule has 0 aliphatic rings. The van der Waals surface area contributed by atoms with Crippen molar-refractivity contribution in [1.29, 1.82) is 0 Å². The Hall–Kier alpha value is -2.88. The molecule has 0 aliphatic carbocycles. The molecule has 0 atom stereocenters. The van der Waals surface area contributed by atoms with Crippen LogP contribution in [0.2, 0.25) is 0 Å². The van der Waals surface area contributed by atoms with Crippen LogP contribution < -0.4 is 0 Å². The van der Waals surface area contributed by atoms with Crippen molar-refractivity contribution in [2.24, 2.45) is 0 Å².